The number of rotatable bonds is 5. The minimum atomic E-state index is -1.00. The van der Waals surface area contributed by atoms with Crippen LogP contribution in [0.1, 0.15) is 24.2 Å². The number of hydrogen-bond donors (Lipinski definition) is 2. The van der Waals surface area contributed by atoms with E-state index in [1.54, 1.807) is 13.8 Å². The van der Waals surface area contributed by atoms with Gasteiger partial charge < -0.3 is 10.4 Å². The Kier molecular flexibility index (Phi) is 5.30. The summed E-state index contributed by atoms with van der Waals surface area (Å²) in [6.45, 7) is 3.40. The second-order valence-electron chi connectivity index (χ2n) is 4.50. The summed E-state index contributed by atoms with van der Waals surface area (Å²) < 4.78 is 13.5. The van der Waals surface area contributed by atoms with Gasteiger partial charge in [0.2, 0.25) is 0 Å². The Balaban J connectivity index is 2.78. The lowest BCUT2D eigenvalue weighted by atomic mass is 9.96. The average molecular weight is 288 g/mol. The number of benzene rings is 1. The number of nitrogens with one attached hydrogen (secondary N) is 1. The van der Waals surface area contributed by atoms with Gasteiger partial charge in [-0.25, -0.2) is 4.39 Å². The second kappa shape index (κ2) is 6.52. The fourth-order valence-electron chi connectivity index (χ4n) is 1.61. The monoisotopic (exact) mass is 287 g/mol. The van der Waals surface area contributed by atoms with E-state index in [0.717, 1.165) is 6.07 Å². The van der Waals surface area contributed by atoms with Crippen molar-refractivity contribution in [3.05, 3.63) is 34.6 Å². The Morgan fingerprint density at radius 1 is 1.42 bits per heavy atom. The van der Waals surface area contributed by atoms with E-state index < -0.39 is 23.6 Å². The van der Waals surface area contributed by atoms with E-state index in [0.29, 0.717) is 0 Å². The molecule has 0 heterocycles. The van der Waals surface area contributed by atoms with Crippen LogP contribution in [0.25, 0.3) is 0 Å². The fraction of sp³-hybridized carbons (Fsp3) is 0.385. The molecule has 104 valence electrons. The molecule has 19 heavy (non-hydrogen) atoms. The average Bonchev–Trinajstić information content (AvgIpc) is 2.27. The molecule has 1 rings (SSSR count). The zero-order valence-electron chi connectivity index (χ0n) is 10.6. The molecule has 0 aromatic heterocycles. The lowest BCUT2D eigenvalue weighted by Crippen LogP contribution is -2.36. The summed E-state index contributed by atoms with van der Waals surface area (Å²) in [7, 11) is 0. The van der Waals surface area contributed by atoms with Crippen LogP contribution in [0.15, 0.2) is 18.2 Å². The molecule has 1 aromatic rings. The fourth-order valence-corrected chi connectivity index (χ4v) is 1.86. The third kappa shape index (κ3) is 3.92. The van der Waals surface area contributed by atoms with Crippen molar-refractivity contribution in [1.82, 2.24) is 5.32 Å². The first-order chi connectivity index (χ1) is 8.84. The van der Waals surface area contributed by atoms with Gasteiger partial charge in [0.1, 0.15) is 5.82 Å². The molecule has 1 atom stereocenters. The van der Waals surface area contributed by atoms with Crippen LogP contribution in [0.4, 0.5) is 4.39 Å². The van der Waals surface area contributed by atoms with Gasteiger partial charge in [0, 0.05) is 6.54 Å². The van der Waals surface area contributed by atoms with Crippen LogP contribution in [-0.4, -0.2) is 23.5 Å². The highest BCUT2D eigenvalue weighted by atomic mass is 35.5. The van der Waals surface area contributed by atoms with Gasteiger partial charge in [0.15, 0.2) is 0 Å². The number of amides is 1. The number of aliphatic carboxylic acids is 1. The van der Waals surface area contributed by atoms with Crippen molar-refractivity contribution in [2.24, 2.45) is 11.8 Å². The van der Waals surface area contributed by atoms with Crippen LogP contribution >= 0.6 is 11.6 Å². The molecule has 0 aliphatic heterocycles. The smallest absolute Gasteiger partial charge is 0.308 e. The Labute approximate surface area is 115 Å². The van der Waals surface area contributed by atoms with Crippen molar-refractivity contribution >= 4 is 23.5 Å². The lowest BCUT2D eigenvalue weighted by molar-refractivity contribution is -0.142. The second-order valence-corrected chi connectivity index (χ2v) is 4.90. The largest absolute Gasteiger partial charge is 0.481 e. The highest BCUT2D eigenvalue weighted by Crippen LogP contribution is 2.19. The summed E-state index contributed by atoms with van der Waals surface area (Å²) in [6, 6.07) is 3.91. The summed E-state index contributed by atoms with van der Waals surface area (Å²) >= 11 is 5.75. The van der Waals surface area contributed by atoms with Crippen molar-refractivity contribution in [1.29, 1.82) is 0 Å². The number of carboxylic acid groups (broad SMARTS) is 1. The molecular weight excluding hydrogens is 273 g/mol. The van der Waals surface area contributed by atoms with Crippen molar-refractivity contribution in [2.45, 2.75) is 13.8 Å². The van der Waals surface area contributed by atoms with Crippen molar-refractivity contribution in [2.75, 3.05) is 6.54 Å². The Morgan fingerprint density at radius 3 is 2.53 bits per heavy atom. The van der Waals surface area contributed by atoms with Crippen molar-refractivity contribution in [3.63, 3.8) is 0 Å². The SMILES string of the molecule is CC(C)C(CNC(=O)c1c(F)cccc1Cl)C(=O)O. The Morgan fingerprint density at radius 2 is 2.05 bits per heavy atom. The molecule has 0 bridgehead atoms. The molecule has 0 aliphatic carbocycles. The predicted octanol–water partition coefficient (Wildman–Crippen LogP) is 2.57. The maximum atomic E-state index is 13.5. The van der Waals surface area contributed by atoms with Gasteiger partial charge in [-0.15, -0.1) is 0 Å². The van der Waals surface area contributed by atoms with E-state index in [1.807, 2.05) is 0 Å². The van der Waals surface area contributed by atoms with E-state index in [9.17, 15) is 14.0 Å². The van der Waals surface area contributed by atoms with Gasteiger partial charge in [0.05, 0.1) is 16.5 Å². The summed E-state index contributed by atoms with van der Waals surface area (Å²) in [5.41, 5.74) is -0.267. The maximum Gasteiger partial charge on any atom is 0.308 e. The van der Waals surface area contributed by atoms with E-state index in [4.69, 9.17) is 16.7 Å². The minimum absolute atomic E-state index is 0.00563. The van der Waals surface area contributed by atoms with E-state index in [-0.39, 0.29) is 23.0 Å². The zero-order valence-corrected chi connectivity index (χ0v) is 11.4. The van der Waals surface area contributed by atoms with Gasteiger partial charge in [-0.1, -0.05) is 31.5 Å². The highest BCUT2D eigenvalue weighted by molar-refractivity contribution is 6.33. The molecule has 4 nitrogen and oxygen atoms in total. The lowest BCUT2D eigenvalue weighted by Gasteiger charge is -2.17. The minimum Gasteiger partial charge on any atom is -0.481 e. The number of carbonyl (C=O) groups excluding carboxylic acids is 1. The maximum absolute atomic E-state index is 13.5. The first kappa shape index (κ1) is 15.4. The first-order valence-electron chi connectivity index (χ1n) is 5.79. The van der Waals surface area contributed by atoms with Gasteiger partial charge in [-0.05, 0) is 18.1 Å². The molecular formula is C13H15ClFNO3. The van der Waals surface area contributed by atoms with Crippen LogP contribution in [0.3, 0.4) is 0 Å². The highest BCUT2D eigenvalue weighted by Gasteiger charge is 2.23. The summed E-state index contributed by atoms with van der Waals surface area (Å²) in [5, 5.41) is 11.4. The first-order valence-corrected chi connectivity index (χ1v) is 6.17. The molecule has 1 unspecified atom stereocenters. The quantitative estimate of drug-likeness (QED) is 0.875. The molecule has 0 spiro atoms. The van der Waals surface area contributed by atoms with Crippen molar-refractivity contribution < 1.29 is 19.1 Å². The zero-order chi connectivity index (χ0) is 14.6. The third-order valence-corrected chi connectivity index (χ3v) is 3.11. The molecule has 0 fully saturated rings. The van der Waals surface area contributed by atoms with Gasteiger partial charge in [-0.3, -0.25) is 9.59 Å². The molecule has 0 saturated carbocycles. The standard InChI is InChI=1S/C13H15ClFNO3/c1-7(2)8(13(18)19)6-16-12(17)11-9(14)4-3-5-10(11)15/h3-5,7-8H,6H2,1-2H3,(H,16,17)(H,18,19). The van der Waals surface area contributed by atoms with Crippen LogP contribution in [0.5, 0.6) is 0 Å². The van der Waals surface area contributed by atoms with E-state index in [1.165, 1.54) is 12.1 Å². The molecule has 0 aliphatic rings. The predicted molar refractivity (Wildman–Crippen MR) is 69.7 cm³/mol. The number of hydrogen-bond acceptors (Lipinski definition) is 2. The Hall–Kier alpha value is -1.62. The normalized spacial score (nSPS) is 12.3. The number of carbonyl (C=O) groups is 2. The summed E-state index contributed by atoms with van der Waals surface area (Å²) in [4.78, 5) is 22.8. The topological polar surface area (TPSA) is 66.4 Å². The van der Waals surface area contributed by atoms with Crippen LogP contribution in [-0.2, 0) is 4.79 Å². The molecule has 0 radical (unpaired) electrons. The molecule has 1 amide bonds. The van der Waals surface area contributed by atoms with E-state index in [2.05, 4.69) is 5.32 Å². The molecule has 0 saturated heterocycles. The molecule has 1 aromatic carbocycles. The third-order valence-electron chi connectivity index (χ3n) is 2.79. The van der Waals surface area contributed by atoms with E-state index >= 15 is 0 Å². The van der Waals surface area contributed by atoms with Gasteiger partial charge in [-0.2, -0.15) is 0 Å². The van der Waals surface area contributed by atoms with Gasteiger partial charge in [0.25, 0.3) is 5.91 Å². The Bertz CT molecular complexity index is 471. The van der Waals surface area contributed by atoms with Crippen molar-refractivity contribution in [3.8, 4) is 0 Å². The number of carboxylic acids is 1. The van der Waals surface area contributed by atoms with Crippen LogP contribution in [0.2, 0.25) is 5.02 Å². The van der Waals surface area contributed by atoms with Crippen LogP contribution < -0.4 is 5.32 Å². The molecule has 6 heteroatoms. The summed E-state index contributed by atoms with van der Waals surface area (Å²) in [6.07, 6.45) is 0. The van der Waals surface area contributed by atoms with Crippen LogP contribution in [0, 0.1) is 17.7 Å². The molecule has 2 N–H and O–H groups in total. The number of halogens is 2. The summed E-state index contributed by atoms with van der Waals surface area (Å²) in [5.74, 6) is -3.32. The van der Waals surface area contributed by atoms with Gasteiger partial charge >= 0.3 is 5.97 Å².